The van der Waals surface area contributed by atoms with Crippen LogP contribution in [0.2, 0.25) is 0 Å². The van der Waals surface area contributed by atoms with Crippen molar-refractivity contribution in [2.45, 2.75) is 60.8 Å². The average molecular weight is 683 g/mol. The molecule has 0 amide bonds. The molecule has 0 aliphatic rings. The maximum absolute atomic E-state index is 14.1. The molecule has 0 aliphatic heterocycles. The third-order valence-electron chi connectivity index (χ3n) is 4.63. The zero-order valence-corrected chi connectivity index (χ0v) is 20.0. The Labute approximate surface area is 208 Å². The summed E-state index contributed by atoms with van der Waals surface area (Å²) < 4.78 is 253. The van der Waals surface area contributed by atoms with Crippen molar-refractivity contribution in [2.75, 3.05) is 0 Å². The molecule has 0 N–H and O–H groups in total. The molecule has 0 aliphatic carbocycles. The summed E-state index contributed by atoms with van der Waals surface area (Å²) in [5.74, 6) is -53.3. The number of hydrogen-bond donors (Lipinski definition) is 0. The Morgan fingerprint density at radius 3 is 1.18 bits per heavy atom. The summed E-state index contributed by atoms with van der Waals surface area (Å²) in [6.07, 6.45) is -7.89. The zero-order valence-electron chi connectivity index (χ0n) is 17.6. The molecule has 0 saturated carbocycles. The summed E-state index contributed by atoms with van der Waals surface area (Å²) in [5.41, 5.74) is -1.06. The second-order valence-electron chi connectivity index (χ2n) is 7.37. The Kier molecular flexibility index (Phi) is 8.25. The van der Waals surface area contributed by atoms with Crippen LogP contribution in [0.4, 0.5) is 74.6 Å². The Balaban J connectivity index is 3.76. The molecule has 222 valence electrons. The number of hydrogen-bond acceptors (Lipinski definition) is 3. The van der Waals surface area contributed by atoms with Gasteiger partial charge < -0.3 is 4.18 Å². The van der Waals surface area contributed by atoms with Crippen LogP contribution < -0.4 is 4.18 Å². The topological polar surface area (TPSA) is 43.4 Å². The Morgan fingerprint density at radius 1 is 0.579 bits per heavy atom. The van der Waals surface area contributed by atoms with Crippen molar-refractivity contribution < 1.29 is 87.2 Å². The maximum Gasteiger partial charge on any atom is 0.460 e. The van der Waals surface area contributed by atoms with E-state index in [0.717, 1.165) is 26.0 Å². The van der Waals surface area contributed by atoms with E-state index >= 15 is 0 Å². The highest BCUT2D eigenvalue weighted by molar-refractivity contribution is 9.10. The van der Waals surface area contributed by atoms with Gasteiger partial charge in [-0.3, -0.25) is 0 Å². The highest BCUT2D eigenvalue weighted by Gasteiger charge is 2.96. The van der Waals surface area contributed by atoms with Gasteiger partial charge >= 0.3 is 57.1 Å². The molecule has 0 spiro atoms. The number of aryl methyl sites for hydroxylation is 2. The molecule has 0 unspecified atom stereocenters. The van der Waals surface area contributed by atoms with Gasteiger partial charge in [-0.1, -0.05) is 15.9 Å². The highest BCUT2D eigenvalue weighted by atomic mass is 79.9. The van der Waals surface area contributed by atoms with Crippen LogP contribution in [-0.4, -0.2) is 55.4 Å². The molecule has 22 heteroatoms. The van der Waals surface area contributed by atoms with Crippen LogP contribution in [0.1, 0.15) is 11.1 Å². The van der Waals surface area contributed by atoms with E-state index in [1.807, 2.05) is 0 Å². The summed E-state index contributed by atoms with van der Waals surface area (Å²) in [7, 11) is -7.68. The fourth-order valence-electron chi connectivity index (χ4n) is 2.50. The van der Waals surface area contributed by atoms with Crippen LogP contribution in [0.15, 0.2) is 16.6 Å². The number of halogens is 18. The highest BCUT2D eigenvalue weighted by Crippen LogP contribution is 2.64. The van der Waals surface area contributed by atoms with Crippen molar-refractivity contribution in [3.63, 3.8) is 0 Å². The van der Waals surface area contributed by atoms with Gasteiger partial charge in [0, 0.05) is 4.47 Å². The van der Waals surface area contributed by atoms with Crippen molar-refractivity contribution in [2.24, 2.45) is 0 Å². The lowest BCUT2D eigenvalue weighted by molar-refractivity contribution is -0.458. The van der Waals surface area contributed by atoms with Gasteiger partial charge in [-0.15, -0.1) is 0 Å². The van der Waals surface area contributed by atoms with E-state index in [-0.39, 0.29) is 4.47 Å². The first-order valence-corrected chi connectivity index (χ1v) is 10.9. The zero-order chi connectivity index (χ0) is 30.9. The first kappa shape index (κ1) is 34.3. The predicted octanol–water partition coefficient (Wildman–Crippen LogP) is 7.74. The van der Waals surface area contributed by atoms with Gasteiger partial charge in [0.15, 0.2) is 0 Å². The molecule has 1 rings (SSSR count). The Bertz CT molecular complexity index is 1150. The van der Waals surface area contributed by atoms with Crippen molar-refractivity contribution in [1.29, 1.82) is 0 Å². The summed E-state index contributed by atoms with van der Waals surface area (Å²) in [4.78, 5) is 0. The van der Waals surface area contributed by atoms with Crippen molar-refractivity contribution in [3.8, 4) is 5.75 Å². The minimum absolute atomic E-state index is 0.0549. The summed E-state index contributed by atoms with van der Waals surface area (Å²) in [5, 5.41) is -7.74. The molecule has 3 nitrogen and oxygen atoms in total. The van der Waals surface area contributed by atoms with E-state index in [2.05, 4.69) is 20.1 Å². The number of alkyl halides is 17. The van der Waals surface area contributed by atoms with Gasteiger partial charge in [0.05, 0.1) is 0 Å². The van der Waals surface area contributed by atoms with E-state index < -0.39 is 74.0 Å². The largest absolute Gasteiger partial charge is 0.460 e. The van der Waals surface area contributed by atoms with E-state index in [1.165, 1.54) is 0 Å². The molecule has 38 heavy (non-hydrogen) atoms. The third-order valence-corrected chi connectivity index (χ3v) is 6.35. The van der Waals surface area contributed by atoms with Crippen LogP contribution in [-0.2, 0) is 10.1 Å². The first-order chi connectivity index (χ1) is 16.3. The molecule has 0 atom stereocenters. The fourth-order valence-corrected chi connectivity index (χ4v) is 4.21. The van der Waals surface area contributed by atoms with Gasteiger partial charge in [0.25, 0.3) is 0 Å². The Hall–Kier alpha value is -1.74. The molecule has 0 fully saturated rings. The lowest BCUT2D eigenvalue weighted by atomic mass is 9.91. The SMILES string of the molecule is Cc1cc(Br)cc(C)c1OS(=O)(=O)C(F)(F)C(F)(F)C(F)(F)C(F)(F)C(F)(F)C(F)(F)C(F)(F)C(F)(F)F. The van der Waals surface area contributed by atoms with Gasteiger partial charge in [0.1, 0.15) is 5.75 Å². The minimum Gasteiger partial charge on any atom is -0.377 e. The molecule has 0 heterocycles. The molecule has 0 bridgehead atoms. The number of benzene rings is 1. The summed E-state index contributed by atoms with van der Waals surface area (Å²) in [6, 6.07) is 1.70. The predicted molar refractivity (Wildman–Crippen MR) is 93.8 cm³/mol. The van der Waals surface area contributed by atoms with Gasteiger partial charge in [-0.05, 0) is 37.1 Å². The second kappa shape index (κ2) is 9.15. The van der Waals surface area contributed by atoms with Crippen molar-refractivity contribution >= 4 is 26.0 Å². The lowest BCUT2D eigenvalue weighted by Gasteiger charge is -2.42. The maximum atomic E-state index is 14.1. The lowest BCUT2D eigenvalue weighted by Crippen LogP contribution is -2.75. The molecule has 0 radical (unpaired) electrons. The third kappa shape index (κ3) is 4.55. The molecular formula is C16H8BrF17O3S. The molecule has 1 aromatic rings. The molecule has 1 aromatic carbocycles. The normalized spacial score (nSPS) is 15.6. The summed E-state index contributed by atoms with van der Waals surface area (Å²) >= 11 is 2.79. The Morgan fingerprint density at radius 2 is 0.868 bits per heavy atom. The summed E-state index contributed by atoms with van der Waals surface area (Å²) in [6.45, 7) is 1.68. The van der Waals surface area contributed by atoms with Crippen LogP contribution in [0.5, 0.6) is 5.75 Å². The van der Waals surface area contributed by atoms with Crippen LogP contribution in [0.3, 0.4) is 0 Å². The molecule has 0 aromatic heterocycles. The number of rotatable bonds is 9. The van der Waals surface area contributed by atoms with Gasteiger partial charge in [-0.25, -0.2) is 0 Å². The van der Waals surface area contributed by atoms with E-state index in [0.29, 0.717) is 0 Å². The van der Waals surface area contributed by atoms with Crippen molar-refractivity contribution in [3.05, 3.63) is 27.7 Å². The second-order valence-corrected chi connectivity index (χ2v) is 9.87. The molecular weight excluding hydrogens is 675 g/mol. The standard InChI is InChI=1S/C16H8BrF17O3S/c1-5-3-7(17)4-6(2)8(5)37-38(35,36)16(33,34)14(28,29)12(24,25)10(20,21)9(18,19)11(22,23)13(26,27)15(30,31)32/h3-4H,1-2H3. The minimum atomic E-state index is -8.90. The van der Waals surface area contributed by atoms with Gasteiger partial charge in [-0.2, -0.15) is 83.1 Å². The fraction of sp³-hybridized carbons (Fsp3) is 0.625. The van der Waals surface area contributed by atoms with E-state index in [1.54, 1.807) is 0 Å². The van der Waals surface area contributed by atoms with Crippen LogP contribution in [0, 0.1) is 13.8 Å². The molecule has 0 saturated heterocycles. The quantitative estimate of drug-likeness (QED) is 0.198. The van der Waals surface area contributed by atoms with Crippen LogP contribution in [0.25, 0.3) is 0 Å². The average Bonchev–Trinajstić information content (AvgIpc) is 2.68. The first-order valence-electron chi connectivity index (χ1n) is 8.71. The van der Waals surface area contributed by atoms with E-state index in [4.69, 9.17) is 0 Å². The van der Waals surface area contributed by atoms with E-state index in [9.17, 15) is 83.1 Å². The monoisotopic (exact) mass is 682 g/mol. The van der Waals surface area contributed by atoms with Gasteiger partial charge in [0.2, 0.25) is 0 Å². The smallest absolute Gasteiger partial charge is 0.377 e. The van der Waals surface area contributed by atoms with Crippen molar-refractivity contribution in [1.82, 2.24) is 0 Å². The van der Waals surface area contributed by atoms with Crippen LogP contribution >= 0.6 is 15.9 Å².